The Morgan fingerprint density at radius 3 is 2.72 bits per heavy atom. The Labute approximate surface area is 177 Å². The highest BCUT2D eigenvalue weighted by atomic mass is 19.4. The number of benzene rings is 1. The molecule has 1 aromatic carbocycles. The number of aromatic amines is 1. The van der Waals surface area contributed by atoms with Crippen molar-refractivity contribution in [2.24, 2.45) is 0 Å². The second-order valence-electron chi connectivity index (χ2n) is 6.98. The molecule has 0 radical (unpaired) electrons. The third-order valence-corrected chi connectivity index (χ3v) is 4.76. The molecule has 0 aliphatic rings. The summed E-state index contributed by atoms with van der Waals surface area (Å²) in [7, 11) is 0. The molecular weight excluding hydrogens is 431 g/mol. The summed E-state index contributed by atoms with van der Waals surface area (Å²) in [6.45, 7) is 3.25. The first-order valence-electron chi connectivity index (χ1n) is 9.38. The molecule has 0 unspecified atom stereocenters. The first kappa shape index (κ1) is 21.2. The summed E-state index contributed by atoms with van der Waals surface area (Å²) in [6.07, 6.45) is -4.38. The molecule has 0 bridgehead atoms. The fourth-order valence-corrected chi connectivity index (χ4v) is 3.25. The minimum absolute atomic E-state index is 0.0563. The van der Waals surface area contributed by atoms with Gasteiger partial charge in [0.1, 0.15) is 0 Å². The van der Waals surface area contributed by atoms with E-state index in [2.05, 4.69) is 35.0 Å². The Balaban J connectivity index is 1.49. The van der Waals surface area contributed by atoms with Gasteiger partial charge in [0.2, 0.25) is 5.91 Å². The van der Waals surface area contributed by atoms with Gasteiger partial charge >= 0.3 is 11.9 Å². The molecule has 2 N–H and O–H groups in total. The largest absolute Gasteiger partial charge is 0.453 e. The Morgan fingerprint density at radius 2 is 2.03 bits per heavy atom. The van der Waals surface area contributed by atoms with Crippen molar-refractivity contribution in [2.75, 3.05) is 5.32 Å². The van der Waals surface area contributed by atoms with Gasteiger partial charge in [0.25, 0.3) is 11.6 Å². The minimum Gasteiger partial charge on any atom is -0.326 e. The summed E-state index contributed by atoms with van der Waals surface area (Å²) in [5.41, 5.74) is 2.53. The number of aryl methyl sites for hydroxylation is 2. The van der Waals surface area contributed by atoms with Crippen LogP contribution in [0, 0.1) is 13.8 Å². The van der Waals surface area contributed by atoms with Crippen molar-refractivity contribution in [3.8, 4) is 11.4 Å². The Bertz CT molecular complexity index is 1370. The van der Waals surface area contributed by atoms with Crippen LogP contribution >= 0.6 is 0 Å². The quantitative estimate of drug-likeness (QED) is 0.481. The van der Waals surface area contributed by atoms with Crippen LogP contribution in [-0.4, -0.2) is 35.6 Å². The van der Waals surface area contributed by atoms with Crippen molar-refractivity contribution >= 4 is 17.4 Å². The predicted molar refractivity (Wildman–Crippen MR) is 105 cm³/mol. The number of amides is 1. The van der Waals surface area contributed by atoms with E-state index in [0.29, 0.717) is 28.2 Å². The van der Waals surface area contributed by atoms with E-state index in [1.165, 1.54) is 0 Å². The topological polar surface area (TPSA) is 131 Å². The maximum Gasteiger partial charge on any atom is 0.453 e. The van der Waals surface area contributed by atoms with Crippen LogP contribution in [0.2, 0.25) is 0 Å². The van der Waals surface area contributed by atoms with E-state index in [4.69, 9.17) is 0 Å². The van der Waals surface area contributed by atoms with Crippen LogP contribution in [0.4, 0.5) is 18.9 Å². The van der Waals surface area contributed by atoms with E-state index < -0.39 is 17.8 Å². The molecule has 4 rings (SSSR count). The lowest BCUT2D eigenvalue weighted by Crippen LogP contribution is -2.14. The van der Waals surface area contributed by atoms with E-state index in [1.54, 1.807) is 38.1 Å². The Morgan fingerprint density at radius 1 is 1.25 bits per heavy atom. The molecule has 3 heterocycles. The molecule has 1 amide bonds. The van der Waals surface area contributed by atoms with Gasteiger partial charge < -0.3 is 5.32 Å². The normalized spacial score (nSPS) is 11.8. The molecule has 4 aromatic rings. The first-order chi connectivity index (χ1) is 15.1. The summed E-state index contributed by atoms with van der Waals surface area (Å²) >= 11 is 0. The molecule has 32 heavy (non-hydrogen) atoms. The number of nitrogens with zero attached hydrogens (tertiary/aromatic N) is 5. The first-order valence-corrected chi connectivity index (χ1v) is 9.38. The second kappa shape index (κ2) is 7.90. The van der Waals surface area contributed by atoms with Crippen LogP contribution in [0.5, 0.6) is 0 Å². The van der Waals surface area contributed by atoms with Gasteiger partial charge in [-0.15, -0.1) is 5.10 Å². The second-order valence-corrected chi connectivity index (χ2v) is 6.98. The van der Waals surface area contributed by atoms with Crippen LogP contribution in [0.15, 0.2) is 33.6 Å². The van der Waals surface area contributed by atoms with Crippen molar-refractivity contribution in [2.45, 2.75) is 32.9 Å². The number of halogens is 3. The summed E-state index contributed by atoms with van der Waals surface area (Å²) in [4.78, 5) is 33.5. The number of aromatic nitrogens is 6. The highest BCUT2D eigenvalue weighted by molar-refractivity contribution is 5.91. The monoisotopic (exact) mass is 447 g/mol. The molecule has 3 aromatic heterocycles. The minimum atomic E-state index is -4.68. The number of nitrogens with one attached hydrogen (secondary N) is 2. The number of hydrogen-bond donors (Lipinski definition) is 2. The Kier molecular flexibility index (Phi) is 5.24. The number of carbonyl (C=O) groups excluding carboxylic acids is 1. The standard InChI is InChI=1S/C19H16F3N7O3/c1-9-13(10(2)29-17(23-9)26-16(27-29)19(20,21)22)6-7-14(30)24-12-5-3-4-11(8-12)15-25-18(31)32-28-15/h3-5,8H,6-7H2,1-2H3,(H,24,30)(H,25,28,31). The smallest absolute Gasteiger partial charge is 0.326 e. The van der Waals surface area contributed by atoms with Crippen molar-refractivity contribution in [1.29, 1.82) is 0 Å². The van der Waals surface area contributed by atoms with E-state index >= 15 is 0 Å². The molecule has 0 fully saturated rings. The number of carbonyl (C=O) groups is 1. The maximum atomic E-state index is 12.9. The number of H-pyrrole nitrogens is 1. The number of rotatable bonds is 5. The van der Waals surface area contributed by atoms with E-state index in [9.17, 15) is 22.8 Å². The summed E-state index contributed by atoms with van der Waals surface area (Å²) in [6, 6.07) is 6.64. The number of anilines is 1. The van der Waals surface area contributed by atoms with E-state index in [-0.39, 0.29) is 30.4 Å². The van der Waals surface area contributed by atoms with Crippen molar-refractivity contribution in [3.63, 3.8) is 0 Å². The predicted octanol–water partition coefficient (Wildman–Crippen LogP) is 2.67. The number of fused-ring (bicyclic) bond motifs is 1. The van der Waals surface area contributed by atoms with E-state index in [0.717, 1.165) is 4.52 Å². The van der Waals surface area contributed by atoms with Gasteiger partial charge in [-0.3, -0.25) is 14.3 Å². The lowest BCUT2D eigenvalue weighted by molar-refractivity contribution is -0.144. The average Bonchev–Trinajstić information content (AvgIpc) is 3.34. The van der Waals surface area contributed by atoms with Gasteiger partial charge in [-0.05, 0) is 38.0 Å². The highest BCUT2D eigenvalue weighted by Crippen LogP contribution is 2.27. The summed E-state index contributed by atoms with van der Waals surface area (Å²) in [5, 5.41) is 9.83. The third-order valence-electron chi connectivity index (χ3n) is 4.76. The van der Waals surface area contributed by atoms with Gasteiger partial charge in [-0.1, -0.05) is 17.3 Å². The van der Waals surface area contributed by atoms with Gasteiger partial charge in [0, 0.05) is 29.1 Å². The molecule has 0 spiro atoms. The number of hydrogen-bond acceptors (Lipinski definition) is 7. The molecule has 13 heteroatoms. The third kappa shape index (κ3) is 4.22. The van der Waals surface area contributed by atoms with E-state index in [1.807, 2.05) is 0 Å². The van der Waals surface area contributed by atoms with Crippen LogP contribution in [-0.2, 0) is 17.4 Å². The lowest BCUT2D eigenvalue weighted by Gasteiger charge is -2.11. The van der Waals surface area contributed by atoms with Crippen LogP contribution in [0.25, 0.3) is 17.2 Å². The molecular formula is C19H16F3N7O3. The zero-order chi connectivity index (χ0) is 23.0. The molecule has 0 aliphatic carbocycles. The summed E-state index contributed by atoms with van der Waals surface area (Å²) in [5.74, 6) is -2.20. The molecule has 0 atom stereocenters. The molecule has 0 saturated heterocycles. The van der Waals surface area contributed by atoms with Crippen molar-refractivity contribution < 1.29 is 22.5 Å². The SMILES string of the molecule is Cc1nc2nc(C(F)(F)F)nn2c(C)c1CCC(=O)Nc1cccc(-c2noc(=O)[nH]2)c1. The van der Waals surface area contributed by atoms with Crippen LogP contribution in [0.3, 0.4) is 0 Å². The fraction of sp³-hybridized carbons (Fsp3) is 0.263. The van der Waals surface area contributed by atoms with Gasteiger partial charge in [0.05, 0.1) is 0 Å². The maximum absolute atomic E-state index is 12.9. The van der Waals surface area contributed by atoms with Crippen molar-refractivity contribution in [1.82, 2.24) is 29.7 Å². The lowest BCUT2D eigenvalue weighted by atomic mass is 10.1. The molecule has 0 saturated carbocycles. The zero-order valence-corrected chi connectivity index (χ0v) is 16.8. The van der Waals surface area contributed by atoms with Crippen molar-refractivity contribution in [3.05, 3.63) is 57.6 Å². The molecule has 0 aliphatic heterocycles. The highest BCUT2D eigenvalue weighted by Gasteiger charge is 2.37. The summed E-state index contributed by atoms with van der Waals surface area (Å²) < 4.78 is 44.2. The van der Waals surface area contributed by atoms with Gasteiger partial charge in [0.15, 0.2) is 5.82 Å². The average molecular weight is 447 g/mol. The van der Waals surface area contributed by atoms with Gasteiger partial charge in [-0.25, -0.2) is 14.3 Å². The Hall–Kier alpha value is -4.03. The zero-order valence-electron chi connectivity index (χ0n) is 16.8. The fourth-order valence-electron chi connectivity index (χ4n) is 3.25. The molecule has 10 nitrogen and oxygen atoms in total. The number of alkyl halides is 3. The van der Waals surface area contributed by atoms with Gasteiger partial charge in [-0.2, -0.15) is 18.2 Å². The molecule has 166 valence electrons. The van der Waals surface area contributed by atoms with Crippen LogP contribution in [0.1, 0.15) is 29.2 Å². The van der Waals surface area contributed by atoms with Crippen LogP contribution < -0.4 is 11.1 Å².